The maximum Gasteiger partial charge on any atom is 0.138 e. The third kappa shape index (κ3) is 9.17. The minimum Gasteiger partial charge on any atom is -0.494 e. The van der Waals surface area contributed by atoms with Gasteiger partial charge in [0, 0.05) is 45.3 Å². The molecule has 2 heterocycles. The molecule has 0 bridgehead atoms. The summed E-state index contributed by atoms with van der Waals surface area (Å²) in [6.45, 7) is 10.4. The van der Waals surface area contributed by atoms with Gasteiger partial charge in [0.15, 0.2) is 0 Å². The zero-order chi connectivity index (χ0) is 46.4. The number of nitrogens with zero attached hydrogens (tertiary/aromatic N) is 4. The molecule has 0 aliphatic rings. The number of ether oxygens (including phenoxy) is 4. The van der Waals surface area contributed by atoms with Crippen LogP contribution in [0.4, 0.5) is 34.1 Å². The van der Waals surface area contributed by atoms with Crippen LogP contribution in [-0.4, -0.2) is 46.4 Å². The summed E-state index contributed by atoms with van der Waals surface area (Å²) < 4.78 is 22.9. The van der Waals surface area contributed by atoms with Gasteiger partial charge in [-0.2, -0.15) is 0 Å². The predicted molar refractivity (Wildman–Crippen MR) is 276 cm³/mol. The van der Waals surface area contributed by atoms with Crippen LogP contribution in [0.5, 0.6) is 23.0 Å². The lowest BCUT2D eigenvalue weighted by Gasteiger charge is -2.26. The molecular weight excluding hydrogens is 845 g/mol. The smallest absolute Gasteiger partial charge is 0.138 e. The van der Waals surface area contributed by atoms with Crippen molar-refractivity contribution in [2.45, 2.75) is 27.7 Å². The highest BCUT2D eigenvalue weighted by Gasteiger charge is 2.17. The zero-order valence-corrected chi connectivity index (χ0v) is 38.6. The van der Waals surface area contributed by atoms with E-state index < -0.39 is 0 Å². The Morgan fingerprint density at radius 1 is 0.324 bits per heavy atom. The van der Waals surface area contributed by atoms with E-state index in [0.717, 1.165) is 113 Å². The number of imidazole rings is 2. The first-order chi connectivity index (χ1) is 33.5. The summed E-state index contributed by atoms with van der Waals surface area (Å²) >= 11 is 0. The second kappa shape index (κ2) is 19.5. The van der Waals surface area contributed by atoms with Crippen molar-refractivity contribution in [2.24, 2.45) is 0 Å². The Hall–Kier alpha value is -8.50. The van der Waals surface area contributed by atoms with E-state index in [1.165, 1.54) is 0 Å². The SMILES string of the molecule is CCOc1ccc(N(c2ccc(OCC)cc2)c2ccc(-c3nc4cc(-c5ccc6[nH]c(-c7ccc(N(c8ccc(OCC)cc8)c8ccc(OCC)cc8)cc7)nc6c5)ccc4[nH]3)cc2)cc1. The Bertz CT molecular complexity index is 2930. The summed E-state index contributed by atoms with van der Waals surface area (Å²) in [5.74, 6) is 4.96. The summed E-state index contributed by atoms with van der Waals surface area (Å²) in [6, 6.07) is 62.4. The minimum absolute atomic E-state index is 0.617. The maximum atomic E-state index is 5.74. The number of benzene rings is 8. The summed E-state index contributed by atoms with van der Waals surface area (Å²) in [5, 5.41) is 0. The molecule has 2 N–H and O–H groups in total. The Labute approximate surface area is 396 Å². The number of nitrogens with one attached hydrogen (secondary N) is 2. The largest absolute Gasteiger partial charge is 0.494 e. The van der Waals surface area contributed by atoms with Gasteiger partial charge in [-0.25, -0.2) is 9.97 Å². The van der Waals surface area contributed by atoms with E-state index in [9.17, 15) is 0 Å². The average Bonchev–Trinajstić information content (AvgIpc) is 4.02. The number of aromatic amines is 2. The molecule has 0 amide bonds. The lowest BCUT2D eigenvalue weighted by molar-refractivity contribution is 0.340. The molecule has 338 valence electrons. The fraction of sp³-hybridized carbons (Fsp3) is 0.138. The summed E-state index contributed by atoms with van der Waals surface area (Å²) in [4.78, 5) is 21.7. The summed E-state index contributed by atoms with van der Waals surface area (Å²) in [5.41, 5.74) is 13.9. The van der Waals surface area contributed by atoms with Gasteiger partial charge in [0.2, 0.25) is 0 Å². The Morgan fingerprint density at radius 2 is 0.574 bits per heavy atom. The van der Waals surface area contributed by atoms with Gasteiger partial charge in [0.05, 0.1) is 48.5 Å². The van der Waals surface area contributed by atoms with Crippen LogP contribution < -0.4 is 28.7 Å². The van der Waals surface area contributed by atoms with Crippen molar-refractivity contribution < 1.29 is 18.9 Å². The van der Waals surface area contributed by atoms with Crippen LogP contribution in [0.3, 0.4) is 0 Å². The van der Waals surface area contributed by atoms with Gasteiger partial charge >= 0.3 is 0 Å². The number of hydrogen-bond acceptors (Lipinski definition) is 8. The normalized spacial score (nSPS) is 11.2. The molecule has 0 spiro atoms. The highest BCUT2D eigenvalue weighted by molar-refractivity contribution is 5.89. The number of hydrogen-bond donors (Lipinski definition) is 2. The standard InChI is InChI=1S/C58H52N6O4/c1-5-65-49-27-19-45(20-28-49)63(46-21-29-50(30-22-46)66-6-2)43-15-9-39(10-16-43)57-59-53-35-13-41(37-55(53)61-57)42-14-36-54-56(38-42)62-58(60-54)40-11-17-44(18-12-40)64(47-23-31-51(32-24-47)67-7-3)48-25-33-52(34-26-48)68-8-4/h9-38H,5-8H2,1-4H3,(H,59,61)(H,60,62). The monoisotopic (exact) mass is 896 g/mol. The van der Waals surface area contributed by atoms with Crippen LogP contribution in [0, 0.1) is 0 Å². The Kier molecular flexibility index (Phi) is 12.5. The van der Waals surface area contributed by atoms with Crippen LogP contribution in [0.25, 0.3) is 56.0 Å². The quantitative estimate of drug-likeness (QED) is 0.0932. The molecule has 0 radical (unpaired) electrons. The predicted octanol–water partition coefficient (Wildman–Crippen LogP) is 15.0. The topological polar surface area (TPSA) is 101 Å². The number of H-pyrrole nitrogens is 2. The molecule has 0 unspecified atom stereocenters. The molecule has 0 aliphatic heterocycles. The van der Waals surface area contributed by atoms with E-state index in [1.54, 1.807) is 0 Å². The van der Waals surface area contributed by atoms with Gasteiger partial charge in [0.25, 0.3) is 0 Å². The van der Waals surface area contributed by atoms with Crippen molar-refractivity contribution in [3.63, 3.8) is 0 Å². The van der Waals surface area contributed by atoms with Gasteiger partial charge in [-0.05, 0) is 209 Å². The van der Waals surface area contributed by atoms with Crippen molar-refractivity contribution in [1.29, 1.82) is 0 Å². The van der Waals surface area contributed by atoms with Gasteiger partial charge in [-0.1, -0.05) is 12.1 Å². The van der Waals surface area contributed by atoms with Gasteiger partial charge < -0.3 is 38.7 Å². The fourth-order valence-corrected chi connectivity index (χ4v) is 8.51. The van der Waals surface area contributed by atoms with Crippen molar-refractivity contribution in [3.8, 4) is 56.9 Å². The van der Waals surface area contributed by atoms with E-state index in [-0.39, 0.29) is 0 Å². The van der Waals surface area contributed by atoms with Crippen molar-refractivity contribution in [3.05, 3.63) is 182 Å². The van der Waals surface area contributed by atoms with E-state index in [4.69, 9.17) is 28.9 Å². The van der Waals surface area contributed by atoms with Crippen molar-refractivity contribution >= 4 is 56.2 Å². The lowest BCUT2D eigenvalue weighted by Crippen LogP contribution is -2.10. The van der Waals surface area contributed by atoms with Gasteiger partial charge in [-0.15, -0.1) is 0 Å². The number of anilines is 6. The van der Waals surface area contributed by atoms with E-state index >= 15 is 0 Å². The third-order valence-electron chi connectivity index (χ3n) is 11.7. The highest BCUT2D eigenvalue weighted by Crippen LogP contribution is 2.39. The number of rotatable bonds is 17. The molecule has 0 saturated heterocycles. The fourth-order valence-electron chi connectivity index (χ4n) is 8.51. The lowest BCUT2D eigenvalue weighted by atomic mass is 10.0. The molecular formula is C58H52N6O4. The van der Waals surface area contributed by atoms with Crippen LogP contribution in [-0.2, 0) is 0 Å². The Balaban J connectivity index is 0.885. The van der Waals surface area contributed by atoms with Crippen LogP contribution in [0.2, 0.25) is 0 Å². The molecule has 0 saturated carbocycles. The van der Waals surface area contributed by atoms with E-state index in [2.05, 4.69) is 153 Å². The molecule has 8 aromatic carbocycles. The first-order valence-corrected chi connectivity index (χ1v) is 23.2. The molecule has 10 aromatic rings. The zero-order valence-electron chi connectivity index (χ0n) is 38.6. The molecule has 10 rings (SSSR count). The molecule has 2 aromatic heterocycles. The summed E-state index contributed by atoms with van der Waals surface area (Å²) in [7, 11) is 0. The minimum atomic E-state index is 0.617. The van der Waals surface area contributed by atoms with Gasteiger partial charge in [-0.3, -0.25) is 0 Å². The van der Waals surface area contributed by atoms with Crippen molar-refractivity contribution in [1.82, 2.24) is 19.9 Å². The number of aromatic nitrogens is 4. The molecule has 0 fully saturated rings. The second-order valence-electron chi connectivity index (χ2n) is 16.1. The molecule has 68 heavy (non-hydrogen) atoms. The summed E-state index contributed by atoms with van der Waals surface area (Å²) in [6.07, 6.45) is 0. The maximum absolute atomic E-state index is 5.74. The highest BCUT2D eigenvalue weighted by atomic mass is 16.5. The molecule has 0 aliphatic carbocycles. The first kappa shape index (κ1) is 43.4. The third-order valence-corrected chi connectivity index (χ3v) is 11.7. The number of fused-ring (bicyclic) bond motifs is 2. The van der Waals surface area contributed by atoms with Crippen molar-refractivity contribution in [2.75, 3.05) is 36.2 Å². The van der Waals surface area contributed by atoms with Crippen LogP contribution in [0.1, 0.15) is 27.7 Å². The first-order valence-electron chi connectivity index (χ1n) is 23.2. The van der Waals surface area contributed by atoms with Crippen LogP contribution >= 0.6 is 0 Å². The van der Waals surface area contributed by atoms with Gasteiger partial charge in [0.1, 0.15) is 34.6 Å². The molecule has 10 nitrogen and oxygen atoms in total. The molecule has 10 heteroatoms. The molecule has 0 atom stereocenters. The van der Waals surface area contributed by atoms with E-state index in [0.29, 0.717) is 26.4 Å². The Morgan fingerprint density at radius 3 is 0.838 bits per heavy atom. The van der Waals surface area contributed by atoms with Crippen LogP contribution in [0.15, 0.2) is 182 Å². The average molecular weight is 897 g/mol. The van der Waals surface area contributed by atoms with E-state index in [1.807, 2.05) is 76.2 Å². The second-order valence-corrected chi connectivity index (χ2v) is 16.1.